The summed E-state index contributed by atoms with van der Waals surface area (Å²) < 4.78 is 0. The highest BCUT2D eigenvalue weighted by Gasteiger charge is 2.10. The van der Waals surface area contributed by atoms with Gasteiger partial charge >= 0.3 is 5.97 Å². The van der Waals surface area contributed by atoms with E-state index in [1.54, 1.807) is 0 Å². The van der Waals surface area contributed by atoms with Crippen molar-refractivity contribution < 1.29 is 19.5 Å². The molecule has 33 heavy (non-hydrogen) atoms. The van der Waals surface area contributed by atoms with Gasteiger partial charge in [0.05, 0.1) is 15.1 Å². The lowest BCUT2D eigenvalue weighted by Gasteiger charge is -1.97. The van der Waals surface area contributed by atoms with Crippen LogP contribution < -0.4 is 5.73 Å². The minimum atomic E-state index is -1.18. The third-order valence-electron chi connectivity index (χ3n) is 3.06. The Hall–Kier alpha value is -1.91. The molecule has 3 aromatic rings. The van der Waals surface area contributed by atoms with Crippen LogP contribution >= 0.6 is 81.2 Å². The van der Waals surface area contributed by atoms with Crippen molar-refractivity contribution in [1.29, 1.82) is 0 Å². The zero-order valence-corrected chi connectivity index (χ0v) is 21.0. The summed E-state index contributed by atoms with van der Waals surface area (Å²) in [6.07, 6.45) is 0. The number of carbonyl (C=O) groups is 3. The van der Waals surface area contributed by atoms with Crippen LogP contribution in [0.4, 0.5) is 0 Å². The molecule has 3 rings (SSSR count). The van der Waals surface area contributed by atoms with E-state index in [-0.39, 0.29) is 47.6 Å². The van der Waals surface area contributed by atoms with Crippen LogP contribution in [0, 0.1) is 0 Å². The molecule has 0 spiro atoms. The summed E-state index contributed by atoms with van der Waals surface area (Å²) in [5.41, 5.74) is 4.70. The average molecular weight is 593 g/mol. The predicted octanol–water partition coefficient (Wildman–Crippen LogP) is 6.34. The molecule has 0 aromatic carbocycles. The highest BCUT2D eigenvalue weighted by atomic mass is 35.5. The van der Waals surface area contributed by atoms with Gasteiger partial charge in [-0.3, -0.25) is 9.59 Å². The van der Waals surface area contributed by atoms with Gasteiger partial charge in [0.2, 0.25) is 0 Å². The molecule has 0 aliphatic carbocycles. The molecule has 0 saturated carbocycles. The predicted molar refractivity (Wildman–Crippen MR) is 128 cm³/mol. The molecular formula is C18H9Cl7N4O4. The summed E-state index contributed by atoms with van der Waals surface area (Å²) in [6, 6.07) is 8.71. The fourth-order valence-electron chi connectivity index (χ4n) is 1.72. The molecule has 0 unspecified atom stereocenters. The van der Waals surface area contributed by atoms with Gasteiger partial charge in [-0.05, 0) is 48.0 Å². The summed E-state index contributed by atoms with van der Waals surface area (Å²) in [5.74, 6) is -1.87. The second kappa shape index (κ2) is 13.7. The van der Waals surface area contributed by atoms with Gasteiger partial charge in [0.15, 0.2) is 5.69 Å². The molecule has 15 heteroatoms. The Morgan fingerprint density at radius 2 is 0.970 bits per heavy atom. The van der Waals surface area contributed by atoms with Crippen LogP contribution in [0.15, 0.2) is 36.4 Å². The normalized spacial score (nSPS) is 9.67. The molecule has 3 aromatic heterocycles. The van der Waals surface area contributed by atoms with Gasteiger partial charge in [-0.1, -0.05) is 69.6 Å². The van der Waals surface area contributed by atoms with Crippen LogP contribution in [0.5, 0.6) is 0 Å². The Balaban J connectivity index is 0.000000247. The lowest BCUT2D eigenvalue weighted by molar-refractivity contribution is 0.0690. The van der Waals surface area contributed by atoms with Gasteiger partial charge in [0.1, 0.15) is 26.8 Å². The third-order valence-corrected chi connectivity index (χ3v) is 4.78. The summed E-state index contributed by atoms with van der Waals surface area (Å²) in [7, 11) is 0. The Morgan fingerprint density at radius 1 is 0.636 bits per heavy atom. The lowest BCUT2D eigenvalue weighted by Crippen LogP contribution is -2.13. The van der Waals surface area contributed by atoms with Gasteiger partial charge in [-0.2, -0.15) is 0 Å². The van der Waals surface area contributed by atoms with Crippen molar-refractivity contribution in [3.63, 3.8) is 0 Å². The van der Waals surface area contributed by atoms with Crippen molar-refractivity contribution >= 4 is 98.3 Å². The number of aromatic carboxylic acids is 1. The minimum absolute atomic E-state index is 0.000772. The van der Waals surface area contributed by atoms with Crippen molar-refractivity contribution in [2.45, 2.75) is 0 Å². The van der Waals surface area contributed by atoms with E-state index in [0.29, 0.717) is 0 Å². The number of amides is 1. The number of pyridine rings is 3. The number of carbonyl (C=O) groups excluding carboxylic acids is 2. The van der Waals surface area contributed by atoms with Crippen LogP contribution in [0.1, 0.15) is 31.5 Å². The molecule has 0 aliphatic rings. The van der Waals surface area contributed by atoms with Crippen LogP contribution in [-0.2, 0) is 0 Å². The first kappa shape index (κ1) is 29.1. The van der Waals surface area contributed by atoms with Crippen molar-refractivity contribution in [1.82, 2.24) is 15.0 Å². The molecule has 8 nitrogen and oxygen atoms in total. The van der Waals surface area contributed by atoms with Crippen molar-refractivity contribution in [2.24, 2.45) is 5.73 Å². The second-order valence-electron chi connectivity index (χ2n) is 5.34. The molecule has 3 heterocycles. The Kier molecular flexibility index (Phi) is 12.1. The summed E-state index contributed by atoms with van der Waals surface area (Å²) >= 11 is 38.2. The number of halogens is 7. The van der Waals surface area contributed by atoms with E-state index in [1.807, 2.05) is 0 Å². The minimum Gasteiger partial charge on any atom is -0.476 e. The van der Waals surface area contributed by atoms with E-state index < -0.39 is 17.1 Å². The fourth-order valence-corrected chi connectivity index (χ4v) is 2.93. The monoisotopic (exact) mass is 590 g/mol. The van der Waals surface area contributed by atoms with E-state index in [9.17, 15) is 14.4 Å². The van der Waals surface area contributed by atoms with Gasteiger partial charge in [-0.25, -0.2) is 19.7 Å². The highest BCUT2D eigenvalue weighted by Crippen LogP contribution is 2.18. The molecule has 0 fully saturated rings. The SMILES string of the molecule is NC(=O)c1nc(Cl)ccc1Cl.O=C(Cl)c1nc(Cl)ccc1Cl.O=C(O)c1nc(Cl)ccc1Cl. The van der Waals surface area contributed by atoms with Gasteiger partial charge in [0, 0.05) is 0 Å². The standard InChI is InChI=1S/C6H2Cl3NO.C6H4Cl2N2O.C6H3Cl2NO2/c2*7-3-1-2-4(8)10-5(3)6(9)11;7-3-1-2-4(8)9-5(3)6(10)11/h1-2H;1-2H,(H2,9,11);1-2H,(H,10,11). The summed E-state index contributed by atoms with van der Waals surface area (Å²) in [6.45, 7) is 0. The molecule has 1 amide bonds. The number of hydrogen-bond acceptors (Lipinski definition) is 6. The lowest BCUT2D eigenvalue weighted by atomic mass is 10.3. The van der Waals surface area contributed by atoms with Crippen LogP contribution in [0.3, 0.4) is 0 Å². The first-order valence-corrected chi connectivity index (χ1v) is 10.7. The number of carboxylic acids is 1. The Morgan fingerprint density at radius 3 is 1.24 bits per heavy atom. The summed E-state index contributed by atoms with van der Waals surface area (Å²) in [5, 5.41) is 8.78. The van der Waals surface area contributed by atoms with E-state index in [4.69, 9.17) is 92.0 Å². The van der Waals surface area contributed by atoms with E-state index in [1.165, 1.54) is 36.4 Å². The Bertz CT molecular complexity index is 1050. The van der Waals surface area contributed by atoms with Gasteiger partial charge in [-0.15, -0.1) is 0 Å². The van der Waals surface area contributed by atoms with Gasteiger partial charge < -0.3 is 10.8 Å². The number of nitrogens with two attached hydrogens (primary N) is 1. The number of aromatic nitrogens is 3. The van der Waals surface area contributed by atoms with Crippen LogP contribution in [-0.4, -0.2) is 37.2 Å². The number of nitrogens with zero attached hydrogens (tertiary/aromatic N) is 3. The van der Waals surface area contributed by atoms with E-state index in [2.05, 4.69) is 15.0 Å². The molecule has 174 valence electrons. The van der Waals surface area contributed by atoms with E-state index in [0.717, 1.165) is 0 Å². The molecule has 0 bridgehead atoms. The average Bonchev–Trinajstić information content (AvgIpc) is 2.73. The maximum atomic E-state index is 10.6. The smallest absolute Gasteiger partial charge is 0.356 e. The molecule has 0 aliphatic heterocycles. The largest absolute Gasteiger partial charge is 0.476 e. The molecule has 0 atom stereocenters. The molecule has 3 N–H and O–H groups in total. The molecule has 0 saturated heterocycles. The second-order valence-corrected chi connectivity index (χ2v) is 8.06. The molecular weight excluding hydrogens is 584 g/mol. The number of primary amides is 1. The molecule has 0 radical (unpaired) electrons. The van der Waals surface area contributed by atoms with Crippen molar-refractivity contribution in [2.75, 3.05) is 0 Å². The third kappa shape index (κ3) is 9.85. The zero-order valence-electron chi connectivity index (χ0n) is 15.7. The van der Waals surface area contributed by atoms with Crippen LogP contribution in [0.25, 0.3) is 0 Å². The highest BCUT2D eigenvalue weighted by molar-refractivity contribution is 6.68. The topological polar surface area (TPSA) is 136 Å². The number of rotatable bonds is 3. The first-order chi connectivity index (χ1) is 15.3. The van der Waals surface area contributed by atoms with Crippen molar-refractivity contribution in [3.05, 3.63) is 84.0 Å². The maximum Gasteiger partial charge on any atom is 0.356 e. The fraction of sp³-hybridized carbons (Fsp3) is 0. The van der Waals surface area contributed by atoms with E-state index >= 15 is 0 Å². The van der Waals surface area contributed by atoms with Crippen molar-refractivity contribution in [3.8, 4) is 0 Å². The Labute approximate surface area is 221 Å². The van der Waals surface area contributed by atoms with Crippen LogP contribution in [0.2, 0.25) is 30.5 Å². The quantitative estimate of drug-likeness (QED) is 0.267. The zero-order chi connectivity index (χ0) is 25.3. The maximum absolute atomic E-state index is 10.6. The first-order valence-electron chi connectivity index (χ1n) is 8.02. The van der Waals surface area contributed by atoms with Gasteiger partial charge in [0.25, 0.3) is 11.1 Å². The number of carboxylic acid groups (broad SMARTS) is 1. The number of hydrogen-bond donors (Lipinski definition) is 2. The summed E-state index contributed by atoms with van der Waals surface area (Å²) in [4.78, 5) is 42.3.